The summed E-state index contributed by atoms with van der Waals surface area (Å²) in [5.74, 6) is 0. The number of carbonyl (C=O) groups is 1. The van der Waals surface area contributed by atoms with Crippen LogP contribution >= 0.6 is 0 Å². The lowest BCUT2D eigenvalue weighted by molar-refractivity contribution is 0.0353. The summed E-state index contributed by atoms with van der Waals surface area (Å²) in [5.41, 5.74) is 5.10. The van der Waals surface area contributed by atoms with Crippen LogP contribution in [0.1, 0.15) is 40.5 Å². The molecule has 75 valence electrons. The summed E-state index contributed by atoms with van der Waals surface area (Å²) in [5, 5.41) is 0. The Morgan fingerprint density at radius 1 is 1.23 bits per heavy atom. The van der Waals surface area contributed by atoms with Crippen LogP contribution in [-0.2, 0) is 0 Å². The Hall–Kier alpha value is -0.730. The van der Waals surface area contributed by atoms with Crippen molar-refractivity contribution in [3.63, 3.8) is 0 Å². The number of nitrogens with zero attached hydrogens (tertiary/aromatic N) is 1. The summed E-state index contributed by atoms with van der Waals surface area (Å²) in [6.07, 6.45) is 4.07. The van der Waals surface area contributed by atoms with Crippen molar-refractivity contribution in [2.24, 2.45) is 5.73 Å². The van der Waals surface area contributed by atoms with Crippen LogP contribution in [0.3, 0.4) is 0 Å². The van der Waals surface area contributed by atoms with E-state index in [9.17, 15) is 4.79 Å². The molecule has 0 atom stereocenters. The van der Waals surface area contributed by atoms with Gasteiger partial charge >= 0.3 is 6.03 Å². The van der Waals surface area contributed by atoms with Gasteiger partial charge < -0.3 is 10.6 Å². The zero-order valence-corrected chi connectivity index (χ0v) is 8.92. The molecule has 0 saturated carbocycles. The van der Waals surface area contributed by atoms with E-state index in [1.54, 1.807) is 4.90 Å². The molecule has 3 heteroatoms. The first kappa shape index (κ1) is 10.4. The average molecular weight is 183 g/mol. The van der Waals surface area contributed by atoms with Crippen LogP contribution in [0.5, 0.6) is 0 Å². The fourth-order valence-electron chi connectivity index (χ4n) is 2.38. The first-order valence-electron chi connectivity index (χ1n) is 4.69. The van der Waals surface area contributed by atoms with Crippen molar-refractivity contribution < 1.29 is 4.79 Å². The molecule has 0 spiro atoms. The zero-order valence-electron chi connectivity index (χ0n) is 8.92. The minimum Gasteiger partial charge on any atom is -0.351 e. The van der Waals surface area contributed by atoms with E-state index in [2.05, 4.69) is 34.1 Å². The fourth-order valence-corrected chi connectivity index (χ4v) is 2.38. The van der Waals surface area contributed by atoms with E-state index in [0.717, 1.165) is 12.8 Å². The number of amides is 2. The fraction of sp³-hybridized carbons (Fsp3) is 0.800. The molecule has 0 aromatic carbocycles. The number of piperidine rings is 1. The third kappa shape index (κ3) is 1.79. The third-order valence-corrected chi connectivity index (χ3v) is 2.72. The first-order chi connectivity index (χ1) is 5.77. The van der Waals surface area contributed by atoms with Crippen LogP contribution in [0.15, 0.2) is 0 Å². The van der Waals surface area contributed by atoms with Gasteiger partial charge in [0.05, 0.1) is 0 Å². The van der Waals surface area contributed by atoms with Crippen molar-refractivity contribution in [3.8, 4) is 0 Å². The molecule has 2 N–H and O–H groups in total. The maximum absolute atomic E-state index is 11.3. The van der Waals surface area contributed by atoms with Crippen molar-refractivity contribution in [1.29, 1.82) is 0 Å². The Morgan fingerprint density at radius 3 is 1.85 bits per heavy atom. The molecule has 0 aromatic heterocycles. The summed E-state index contributed by atoms with van der Waals surface area (Å²) in [6.45, 7) is 8.20. The summed E-state index contributed by atoms with van der Waals surface area (Å²) in [4.78, 5) is 13.1. The number of carbonyl (C=O) groups excluding carboxylic acids is 1. The Kier molecular flexibility index (Phi) is 2.30. The second-order valence-corrected chi connectivity index (χ2v) is 5.00. The first-order valence-corrected chi connectivity index (χ1v) is 4.69. The SMILES string of the molecule is CC1(C)C[CH]CC(C)(C)N1C(N)=O. The van der Waals surface area contributed by atoms with Gasteiger partial charge in [0.15, 0.2) is 0 Å². The van der Waals surface area contributed by atoms with E-state index in [0.29, 0.717) is 0 Å². The van der Waals surface area contributed by atoms with Crippen LogP contribution in [0.25, 0.3) is 0 Å². The molecule has 1 fully saturated rings. The van der Waals surface area contributed by atoms with Gasteiger partial charge in [0.1, 0.15) is 0 Å². The summed E-state index contributed by atoms with van der Waals surface area (Å²) < 4.78 is 0. The number of hydrogen-bond donors (Lipinski definition) is 1. The number of hydrogen-bond acceptors (Lipinski definition) is 1. The number of primary amides is 1. The van der Waals surface area contributed by atoms with E-state index >= 15 is 0 Å². The lowest BCUT2D eigenvalue weighted by atomic mass is 9.80. The highest BCUT2D eigenvalue weighted by atomic mass is 16.2. The van der Waals surface area contributed by atoms with Crippen LogP contribution in [0.4, 0.5) is 4.79 Å². The van der Waals surface area contributed by atoms with Gasteiger partial charge in [-0.05, 0) is 47.0 Å². The molecule has 1 aliphatic heterocycles. The maximum atomic E-state index is 11.3. The number of rotatable bonds is 0. The highest BCUT2D eigenvalue weighted by molar-refractivity contribution is 5.74. The van der Waals surface area contributed by atoms with Crippen molar-refractivity contribution in [2.45, 2.75) is 51.6 Å². The molecule has 0 aromatic rings. The molecular formula is C10H19N2O. The largest absolute Gasteiger partial charge is 0.351 e. The van der Waals surface area contributed by atoms with Gasteiger partial charge in [0, 0.05) is 11.1 Å². The number of urea groups is 1. The van der Waals surface area contributed by atoms with E-state index in [-0.39, 0.29) is 17.1 Å². The third-order valence-electron chi connectivity index (χ3n) is 2.72. The van der Waals surface area contributed by atoms with Gasteiger partial charge in [-0.3, -0.25) is 0 Å². The molecule has 0 aliphatic carbocycles. The quantitative estimate of drug-likeness (QED) is 0.612. The molecule has 13 heavy (non-hydrogen) atoms. The Morgan fingerprint density at radius 2 is 1.62 bits per heavy atom. The van der Waals surface area contributed by atoms with Crippen molar-refractivity contribution in [1.82, 2.24) is 4.90 Å². The summed E-state index contributed by atoms with van der Waals surface area (Å²) >= 11 is 0. The number of likely N-dealkylation sites (tertiary alicyclic amines) is 1. The highest BCUT2D eigenvalue weighted by Crippen LogP contribution is 2.37. The molecule has 3 nitrogen and oxygen atoms in total. The predicted molar refractivity (Wildman–Crippen MR) is 53.1 cm³/mol. The lowest BCUT2D eigenvalue weighted by Gasteiger charge is -2.51. The molecule has 1 heterocycles. The summed E-state index contributed by atoms with van der Waals surface area (Å²) in [6, 6.07) is -0.317. The second kappa shape index (κ2) is 2.89. The summed E-state index contributed by atoms with van der Waals surface area (Å²) in [7, 11) is 0. The zero-order chi connectivity index (χ0) is 10.3. The van der Waals surface area contributed by atoms with E-state index < -0.39 is 0 Å². The number of nitrogens with two attached hydrogens (primary N) is 1. The normalized spacial score (nSPS) is 25.7. The molecule has 1 radical (unpaired) electrons. The van der Waals surface area contributed by atoms with Crippen LogP contribution in [0, 0.1) is 6.42 Å². The maximum Gasteiger partial charge on any atom is 0.315 e. The standard InChI is InChI=1S/C10H19N2O/c1-9(2)6-5-7-10(3,4)12(9)8(11)13/h5H,6-7H2,1-4H3,(H2,11,13). The molecule has 0 unspecified atom stereocenters. The average Bonchev–Trinajstić information content (AvgIpc) is 1.79. The molecule has 2 amide bonds. The van der Waals surface area contributed by atoms with E-state index in [1.807, 2.05) is 0 Å². The van der Waals surface area contributed by atoms with Crippen LogP contribution < -0.4 is 5.73 Å². The van der Waals surface area contributed by atoms with Gasteiger partial charge in [-0.15, -0.1) is 0 Å². The van der Waals surface area contributed by atoms with Gasteiger partial charge in [-0.1, -0.05) is 0 Å². The monoisotopic (exact) mass is 183 g/mol. The predicted octanol–water partition coefficient (Wildman–Crippen LogP) is 1.92. The van der Waals surface area contributed by atoms with Gasteiger partial charge in [0.25, 0.3) is 0 Å². The Bertz CT molecular complexity index is 205. The van der Waals surface area contributed by atoms with E-state index in [1.165, 1.54) is 0 Å². The molecular weight excluding hydrogens is 164 g/mol. The van der Waals surface area contributed by atoms with Crippen LogP contribution in [-0.4, -0.2) is 22.0 Å². The minimum absolute atomic E-state index is 0.145. The smallest absolute Gasteiger partial charge is 0.315 e. The molecule has 0 bridgehead atoms. The topological polar surface area (TPSA) is 46.3 Å². The molecule has 1 saturated heterocycles. The highest BCUT2D eigenvalue weighted by Gasteiger charge is 2.43. The van der Waals surface area contributed by atoms with E-state index in [4.69, 9.17) is 5.73 Å². The van der Waals surface area contributed by atoms with Crippen molar-refractivity contribution in [2.75, 3.05) is 0 Å². The Labute approximate surface area is 80.3 Å². The van der Waals surface area contributed by atoms with Gasteiger partial charge in [-0.2, -0.15) is 0 Å². The van der Waals surface area contributed by atoms with Gasteiger partial charge in [-0.25, -0.2) is 4.79 Å². The Balaban J connectivity index is 2.98. The lowest BCUT2D eigenvalue weighted by Crippen LogP contribution is -2.62. The molecule has 1 rings (SSSR count). The molecule has 1 aliphatic rings. The van der Waals surface area contributed by atoms with Crippen molar-refractivity contribution >= 4 is 6.03 Å². The van der Waals surface area contributed by atoms with Gasteiger partial charge in [0.2, 0.25) is 0 Å². The van der Waals surface area contributed by atoms with Crippen molar-refractivity contribution in [3.05, 3.63) is 6.42 Å². The minimum atomic E-state index is -0.317. The van der Waals surface area contributed by atoms with Crippen LogP contribution in [0.2, 0.25) is 0 Å². The second-order valence-electron chi connectivity index (χ2n) is 5.00.